The SMILES string of the molecule is CCOC(=O)OCCC(C)(CC(C)C)C(=O)OCC. The minimum Gasteiger partial charge on any atom is -0.466 e. The highest BCUT2D eigenvalue weighted by molar-refractivity contribution is 5.76. The van der Waals surface area contributed by atoms with Gasteiger partial charge in [0.05, 0.1) is 25.2 Å². The van der Waals surface area contributed by atoms with Crippen LogP contribution in [0.1, 0.15) is 47.5 Å². The van der Waals surface area contributed by atoms with Gasteiger partial charge in [0.25, 0.3) is 0 Å². The van der Waals surface area contributed by atoms with Crippen LogP contribution in [0.15, 0.2) is 0 Å². The average Bonchev–Trinajstić information content (AvgIpc) is 2.28. The second-order valence-corrected chi connectivity index (χ2v) is 5.16. The molecule has 0 bridgehead atoms. The van der Waals surface area contributed by atoms with E-state index in [2.05, 4.69) is 4.74 Å². The van der Waals surface area contributed by atoms with Crippen LogP contribution in [0, 0.1) is 11.3 Å². The Bertz CT molecular complexity index is 288. The Morgan fingerprint density at radius 1 is 1.05 bits per heavy atom. The predicted octanol–water partition coefficient (Wildman–Crippen LogP) is 3.17. The molecule has 1 unspecified atom stereocenters. The third kappa shape index (κ3) is 7.03. The van der Waals surface area contributed by atoms with Crippen LogP contribution in [0.3, 0.4) is 0 Å². The third-order valence-corrected chi connectivity index (χ3v) is 2.76. The highest BCUT2D eigenvalue weighted by Crippen LogP contribution is 2.31. The number of carbonyl (C=O) groups excluding carboxylic acids is 2. The van der Waals surface area contributed by atoms with Gasteiger partial charge in [0, 0.05) is 0 Å². The van der Waals surface area contributed by atoms with E-state index in [1.54, 1.807) is 13.8 Å². The molecule has 0 aromatic heterocycles. The van der Waals surface area contributed by atoms with Gasteiger partial charge in [-0.1, -0.05) is 13.8 Å². The predicted molar refractivity (Wildman–Crippen MR) is 71.8 cm³/mol. The number of hydrogen-bond donors (Lipinski definition) is 0. The summed E-state index contributed by atoms with van der Waals surface area (Å²) in [7, 11) is 0. The smallest absolute Gasteiger partial charge is 0.466 e. The summed E-state index contributed by atoms with van der Waals surface area (Å²) in [5, 5.41) is 0. The lowest BCUT2D eigenvalue weighted by Crippen LogP contribution is -2.33. The summed E-state index contributed by atoms with van der Waals surface area (Å²) in [5.74, 6) is 0.119. The highest BCUT2D eigenvalue weighted by Gasteiger charge is 2.35. The van der Waals surface area contributed by atoms with Crippen LogP contribution in [0.5, 0.6) is 0 Å². The Balaban J connectivity index is 4.42. The number of carbonyl (C=O) groups is 2. The van der Waals surface area contributed by atoms with Gasteiger partial charge < -0.3 is 14.2 Å². The fourth-order valence-electron chi connectivity index (χ4n) is 2.01. The summed E-state index contributed by atoms with van der Waals surface area (Å²) in [4.78, 5) is 23.1. The van der Waals surface area contributed by atoms with E-state index in [9.17, 15) is 9.59 Å². The molecule has 0 aromatic carbocycles. The normalized spacial score (nSPS) is 13.8. The lowest BCUT2D eigenvalue weighted by atomic mass is 9.79. The van der Waals surface area contributed by atoms with Gasteiger partial charge in [-0.2, -0.15) is 0 Å². The molecule has 0 aliphatic carbocycles. The molecule has 19 heavy (non-hydrogen) atoms. The Kier molecular flexibility index (Phi) is 8.19. The summed E-state index contributed by atoms with van der Waals surface area (Å²) >= 11 is 0. The molecule has 112 valence electrons. The minimum absolute atomic E-state index is 0.154. The van der Waals surface area contributed by atoms with Crippen molar-refractivity contribution in [1.29, 1.82) is 0 Å². The first kappa shape index (κ1) is 17.7. The summed E-state index contributed by atoms with van der Waals surface area (Å²) < 4.78 is 14.7. The molecule has 0 amide bonds. The maximum absolute atomic E-state index is 12.0. The van der Waals surface area contributed by atoms with E-state index in [0.29, 0.717) is 25.4 Å². The lowest BCUT2D eigenvalue weighted by molar-refractivity contribution is -0.156. The van der Waals surface area contributed by atoms with Crippen molar-refractivity contribution in [1.82, 2.24) is 0 Å². The molecule has 0 aromatic rings. The molecule has 0 aliphatic rings. The molecule has 0 N–H and O–H groups in total. The zero-order valence-electron chi connectivity index (χ0n) is 12.7. The van der Waals surface area contributed by atoms with Crippen LogP contribution in [0.25, 0.3) is 0 Å². The van der Waals surface area contributed by atoms with E-state index in [-0.39, 0.29) is 19.2 Å². The van der Waals surface area contributed by atoms with Gasteiger partial charge in [-0.15, -0.1) is 0 Å². The Labute approximate surface area is 115 Å². The summed E-state index contributed by atoms with van der Waals surface area (Å²) in [6.45, 7) is 10.2. The standard InChI is InChI=1S/C14H26O5/c1-6-17-12(15)14(5,10-11(3)4)8-9-19-13(16)18-7-2/h11H,6-10H2,1-5H3. The van der Waals surface area contributed by atoms with Gasteiger partial charge in [-0.25, -0.2) is 4.79 Å². The maximum atomic E-state index is 12.0. The van der Waals surface area contributed by atoms with E-state index in [0.717, 1.165) is 0 Å². The zero-order valence-corrected chi connectivity index (χ0v) is 12.7. The molecule has 0 saturated heterocycles. The first-order chi connectivity index (χ1) is 8.85. The van der Waals surface area contributed by atoms with Crippen molar-refractivity contribution in [3.8, 4) is 0 Å². The molecule has 0 rings (SSSR count). The molecular weight excluding hydrogens is 248 g/mol. The molecule has 0 saturated carbocycles. The van der Waals surface area contributed by atoms with Crippen LogP contribution in [0.2, 0.25) is 0 Å². The largest absolute Gasteiger partial charge is 0.508 e. The van der Waals surface area contributed by atoms with Crippen molar-refractivity contribution < 1.29 is 23.8 Å². The second-order valence-electron chi connectivity index (χ2n) is 5.16. The van der Waals surface area contributed by atoms with Gasteiger partial charge in [-0.05, 0) is 39.5 Å². The molecule has 0 aliphatic heterocycles. The zero-order chi connectivity index (χ0) is 14.9. The quantitative estimate of drug-likeness (QED) is 0.636. The molecular formula is C14H26O5. The number of hydrogen-bond acceptors (Lipinski definition) is 5. The third-order valence-electron chi connectivity index (χ3n) is 2.76. The summed E-state index contributed by atoms with van der Waals surface area (Å²) in [5.41, 5.74) is -0.628. The minimum atomic E-state index is -0.696. The van der Waals surface area contributed by atoms with E-state index in [1.807, 2.05) is 20.8 Å². The van der Waals surface area contributed by atoms with Crippen molar-refractivity contribution in [2.45, 2.75) is 47.5 Å². The van der Waals surface area contributed by atoms with Crippen molar-refractivity contribution in [2.75, 3.05) is 19.8 Å². The van der Waals surface area contributed by atoms with E-state index < -0.39 is 11.6 Å². The Hall–Kier alpha value is -1.26. The Morgan fingerprint density at radius 3 is 2.11 bits per heavy atom. The topological polar surface area (TPSA) is 61.8 Å². The number of ether oxygens (including phenoxy) is 3. The van der Waals surface area contributed by atoms with E-state index >= 15 is 0 Å². The first-order valence-electron chi connectivity index (χ1n) is 6.82. The van der Waals surface area contributed by atoms with Crippen LogP contribution in [0.4, 0.5) is 4.79 Å². The van der Waals surface area contributed by atoms with Crippen LogP contribution in [-0.4, -0.2) is 31.9 Å². The van der Waals surface area contributed by atoms with Gasteiger partial charge in [-0.3, -0.25) is 4.79 Å². The monoisotopic (exact) mass is 274 g/mol. The van der Waals surface area contributed by atoms with E-state index in [1.165, 1.54) is 0 Å². The van der Waals surface area contributed by atoms with Crippen LogP contribution < -0.4 is 0 Å². The fraction of sp³-hybridized carbons (Fsp3) is 0.857. The molecule has 0 radical (unpaired) electrons. The molecule has 1 atom stereocenters. The van der Waals surface area contributed by atoms with Crippen molar-refractivity contribution >= 4 is 12.1 Å². The number of rotatable bonds is 8. The summed E-state index contributed by atoms with van der Waals surface area (Å²) in [6.07, 6.45) is 0.430. The molecule has 5 heteroatoms. The molecule has 0 fully saturated rings. The first-order valence-corrected chi connectivity index (χ1v) is 6.82. The lowest BCUT2D eigenvalue weighted by Gasteiger charge is -2.28. The number of esters is 1. The van der Waals surface area contributed by atoms with Gasteiger partial charge in [0.1, 0.15) is 0 Å². The second kappa shape index (κ2) is 8.77. The average molecular weight is 274 g/mol. The maximum Gasteiger partial charge on any atom is 0.508 e. The Morgan fingerprint density at radius 2 is 1.63 bits per heavy atom. The highest BCUT2D eigenvalue weighted by atomic mass is 16.7. The van der Waals surface area contributed by atoms with Gasteiger partial charge >= 0.3 is 12.1 Å². The molecule has 0 heterocycles. The van der Waals surface area contributed by atoms with Crippen molar-refractivity contribution in [3.63, 3.8) is 0 Å². The van der Waals surface area contributed by atoms with Crippen LogP contribution in [-0.2, 0) is 19.0 Å². The summed E-state index contributed by atoms with van der Waals surface area (Å²) in [6, 6.07) is 0. The van der Waals surface area contributed by atoms with Gasteiger partial charge in [0.15, 0.2) is 0 Å². The molecule has 0 spiro atoms. The van der Waals surface area contributed by atoms with Crippen molar-refractivity contribution in [3.05, 3.63) is 0 Å². The van der Waals surface area contributed by atoms with E-state index in [4.69, 9.17) is 9.47 Å². The van der Waals surface area contributed by atoms with Crippen LogP contribution >= 0.6 is 0 Å². The van der Waals surface area contributed by atoms with Gasteiger partial charge in [0.2, 0.25) is 0 Å². The fourth-order valence-corrected chi connectivity index (χ4v) is 2.01. The van der Waals surface area contributed by atoms with Crippen molar-refractivity contribution in [2.24, 2.45) is 11.3 Å². The molecule has 5 nitrogen and oxygen atoms in total.